The van der Waals surface area contributed by atoms with Crippen LogP contribution in [0.1, 0.15) is 26.7 Å². The third-order valence-corrected chi connectivity index (χ3v) is 1.25. The van der Waals surface area contributed by atoms with E-state index in [1.165, 1.54) is 0 Å². The lowest BCUT2D eigenvalue weighted by molar-refractivity contribution is -0.311. The van der Waals surface area contributed by atoms with E-state index >= 15 is 0 Å². The van der Waals surface area contributed by atoms with Crippen molar-refractivity contribution < 1.29 is 19.8 Å². The molecule has 0 aliphatic carbocycles. The van der Waals surface area contributed by atoms with Crippen molar-refractivity contribution in [3.05, 3.63) is 0 Å². The maximum absolute atomic E-state index is 10.1. The van der Waals surface area contributed by atoms with Gasteiger partial charge in [0.1, 0.15) is 0 Å². The summed E-state index contributed by atoms with van der Waals surface area (Å²) in [5, 5.41) is 20.1. The molecule has 0 aromatic rings. The van der Waals surface area contributed by atoms with Gasteiger partial charge in [0.15, 0.2) is 0 Å². The number of hydrogen-bond acceptors (Lipinski definition) is 4. The summed E-state index contributed by atoms with van der Waals surface area (Å²) in [5.41, 5.74) is -0.780. The topological polar surface area (TPSA) is 80.3 Å². The van der Waals surface area contributed by atoms with E-state index in [2.05, 4.69) is 0 Å². The van der Waals surface area contributed by atoms with Crippen LogP contribution in [-0.4, -0.2) is 11.9 Å². The van der Waals surface area contributed by atoms with E-state index in [4.69, 9.17) is 0 Å². The third kappa shape index (κ3) is 5.39. The number of hydrogen-bond donors (Lipinski definition) is 0. The van der Waals surface area contributed by atoms with Crippen LogP contribution >= 0.6 is 0 Å². The lowest BCUT2D eigenvalue weighted by Gasteiger charge is -2.25. The molecule has 0 aliphatic rings. The molecule has 4 heteroatoms. The Labute approximate surface area is 64.8 Å². The molecule has 64 valence electrons. The lowest BCUT2D eigenvalue weighted by atomic mass is 9.86. The minimum Gasteiger partial charge on any atom is -0.550 e. The number of carboxylic acids is 2. The van der Waals surface area contributed by atoms with Gasteiger partial charge in [0.2, 0.25) is 0 Å². The van der Waals surface area contributed by atoms with E-state index in [1.54, 1.807) is 13.8 Å². The van der Waals surface area contributed by atoms with Gasteiger partial charge in [-0.2, -0.15) is 0 Å². The van der Waals surface area contributed by atoms with E-state index in [1.807, 2.05) is 0 Å². The molecule has 0 spiro atoms. The molecular weight excluding hydrogens is 148 g/mol. The predicted octanol–water partition coefficient (Wildman–Crippen LogP) is -1.71. The van der Waals surface area contributed by atoms with Gasteiger partial charge >= 0.3 is 0 Å². The van der Waals surface area contributed by atoms with Gasteiger partial charge in [0.25, 0.3) is 0 Å². The van der Waals surface area contributed by atoms with Crippen molar-refractivity contribution in [3.8, 4) is 0 Å². The lowest BCUT2D eigenvalue weighted by Crippen LogP contribution is -2.34. The van der Waals surface area contributed by atoms with Crippen molar-refractivity contribution in [2.45, 2.75) is 26.7 Å². The summed E-state index contributed by atoms with van der Waals surface area (Å²) >= 11 is 0. The number of carbonyl (C=O) groups is 2. The maximum atomic E-state index is 10.1. The molecule has 11 heavy (non-hydrogen) atoms. The van der Waals surface area contributed by atoms with Crippen molar-refractivity contribution >= 4 is 11.9 Å². The zero-order valence-corrected chi connectivity index (χ0v) is 6.55. The molecule has 0 fully saturated rings. The van der Waals surface area contributed by atoms with Crippen LogP contribution in [0.4, 0.5) is 0 Å². The second kappa shape index (κ2) is 3.37. The van der Waals surface area contributed by atoms with Crippen LogP contribution in [0.25, 0.3) is 0 Å². The average Bonchev–Trinajstić information content (AvgIpc) is 1.53. The molecule has 0 unspecified atom stereocenters. The Morgan fingerprint density at radius 3 is 1.55 bits per heavy atom. The number of carboxylic acid groups (broad SMARTS) is 2. The molecule has 0 rings (SSSR count). The first-order valence-corrected chi connectivity index (χ1v) is 3.23. The zero-order chi connectivity index (χ0) is 9.07. The first-order chi connectivity index (χ1) is 4.83. The highest BCUT2D eigenvalue weighted by Gasteiger charge is 2.17. The van der Waals surface area contributed by atoms with E-state index in [9.17, 15) is 19.8 Å². The van der Waals surface area contributed by atoms with Crippen LogP contribution in [0.15, 0.2) is 0 Å². The summed E-state index contributed by atoms with van der Waals surface area (Å²) in [6.07, 6.45) is -0.526. The maximum Gasteiger partial charge on any atom is 0.0419 e. The van der Waals surface area contributed by atoms with Gasteiger partial charge in [-0.05, 0) is 18.3 Å². The van der Waals surface area contributed by atoms with Crippen LogP contribution < -0.4 is 10.2 Å². The standard InChI is InChI=1S/C7H12O4/c1-7(2,3-5(8)9)4-6(10)11/h3-4H2,1-2H3,(H,8,9)(H,10,11)/p-2. The molecule has 0 aromatic heterocycles. The Bertz CT molecular complexity index is 153. The zero-order valence-electron chi connectivity index (χ0n) is 6.55. The summed E-state index contributed by atoms with van der Waals surface area (Å²) in [6.45, 7) is 3.08. The van der Waals surface area contributed by atoms with Crippen LogP contribution in [0.5, 0.6) is 0 Å². The fraction of sp³-hybridized carbons (Fsp3) is 0.714. The van der Waals surface area contributed by atoms with Gasteiger partial charge in [0, 0.05) is 11.9 Å². The Kier molecular flexibility index (Phi) is 3.04. The number of carbonyl (C=O) groups excluding carboxylic acids is 2. The summed E-state index contributed by atoms with van der Waals surface area (Å²) in [4.78, 5) is 20.1. The van der Waals surface area contributed by atoms with E-state index in [-0.39, 0.29) is 12.8 Å². The first-order valence-electron chi connectivity index (χ1n) is 3.23. The monoisotopic (exact) mass is 158 g/mol. The molecule has 0 saturated carbocycles. The minimum absolute atomic E-state index is 0.263. The fourth-order valence-electron chi connectivity index (χ4n) is 0.844. The van der Waals surface area contributed by atoms with Gasteiger partial charge in [-0.1, -0.05) is 13.8 Å². The van der Waals surface area contributed by atoms with E-state index < -0.39 is 17.4 Å². The number of rotatable bonds is 4. The second-order valence-electron chi connectivity index (χ2n) is 3.26. The van der Waals surface area contributed by atoms with Gasteiger partial charge < -0.3 is 19.8 Å². The summed E-state index contributed by atoms with van der Waals surface area (Å²) < 4.78 is 0. The predicted molar refractivity (Wildman–Crippen MR) is 33.0 cm³/mol. The van der Waals surface area contributed by atoms with E-state index in [0.29, 0.717) is 0 Å². The molecule has 0 amide bonds. The number of aliphatic carboxylic acids is 2. The quantitative estimate of drug-likeness (QED) is 0.488. The highest BCUT2D eigenvalue weighted by Crippen LogP contribution is 2.23. The van der Waals surface area contributed by atoms with Crippen molar-refractivity contribution in [2.24, 2.45) is 5.41 Å². The molecule has 0 aromatic carbocycles. The molecule has 4 nitrogen and oxygen atoms in total. The van der Waals surface area contributed by atoms with Crippen LogP contribution in [-0.2, 0) is 9.59 Å². The SMILES string of the molecule is CC(C)(CC(=O)[O-])CC(=O)[O-]. The van der Waals surface area contributed by atoms with Crippen molar-refractivity contribution in [3.63, 3.8) is 0 Å². The fourth-order valence-corrected chi connectivity index (χ4v) is 0.844. The summed E-state index contributed by atoms with van der Waals surface area (Å²) in [5.74, 6) is -2.48. The first kappa shape index (κ1) is 9.94. The van der Waals surface area contributed by atoms with Gasteiger partial charge in [-0.25, -0.2) is 0 Å². The highest BCUT2D eigenvalue weighted by molar-refractivity contribution is 5.69. The Balaban J connectivity index is 3.99. The highest BCUT2D eigenvalue weighted by atomic mass is 16.4. The van der Waals surface area contributed by atoms with Crippen molar-refractivity contribution in [2.75, 3.05) is 0 Å². The van der Waals surface area contributed by atoms with Crippen LogP contribution in [0, 0.1) is 5.41 Å². The van der Waals surface area contributed by atoms with Crippen LogP contribution in [0.3, 0.4) is 0 Å². The summed E-state index contributed by atoms with van der Waals surface area (Å²) in [6, 6.07) is 0. The van der Waals surface area contributed by atoms with Crippen molar-refractivity contribution in [1.82, 2.24) is 0 Å². The molecular formula is C7H10O4-2. The molecule has 0 aliphatic heterocycles. The van der Waals surface area contributed by atoms with Crippen molar-refractivity contribution in [1.29, 1.82) is 0 Å². The van der Waals surface area contributed by atoms with Gasteiger partial charge in [-0.3, -0.25) is 0 Å². The smallest absolute Gasteiger partial charge is 0.0419 e. The van der Waals surface area contributed by atoms with E-state index in [0.717, 1.165) is 0 Å². The Morgan fingerprint density at radius 2 is 1.36 bits per heavy atom. The molecule has 0 atom stereocenters. The molecule has 0 N–H and O–H groups in total. The van der Waals surface area contributed by atoms with Gasteiger partial charge in [0.05, 0.1) is 0 Å². The molecule has 0 bridgehead atoms. The second-order valence-corrected chi connectivity index (χ2v) is 3.26. The third-order valence-electron chi connectivity index (χ3n) is 1.25. The molecule has 0 heterocycles. The van der Waals surface area contributed by atoms with Crippen LogP contribution in [0.2, 0.25) is 0 Å². The Hall–Kier alpha value is -1.06. The molecule has 0 radical (unpaired) electrons. The Morgan fingerprint density at radius 1 is 1.09 bits per heavy atom. The largest absolute Gasteiger partial charge is 0.550 e. The molecule has 0 saturated heterocycles. The minimum atomic E-state index is -1.24. The average molecular weight is 158 g/mol. The van der Waals surface area contributed by atoms with Gasteiger partial charge in [-0.15, -0.1) is 0 Å². The summed E-state index contributed by atoms with van der Waals surface area (Å²) in [7, 11) is 0. The normalized spacial score (nSPS) is 11.1.